The number of carbonyl (C=O) groups excluding carboxylic acids is 2. The van der Waals surface area contributed by atoms with Crippen LogP contribution in [0.1, 0.15) is 10.4 Å². The van der Waals surface area contributed by atoms with Gasteiger partial charge in [-0.05, 0) is 18.2 Å². The highest BCUT2D eigenvalue weighted by molar-refractivity contribution is 6.11. The SMILES string of the molecule is C=CCOC(=O)c1c2ccccc2n2cc(OC(=O)N3CCOCC3)ccc12. The average Bonchev–Trinajstić information content (AvgIpc) is 3.06. The van der Waals surface area contributed by atoms with E-state index < -0.39 is 12.1 Å². The summed E-state index contributed by atoms with van der Waals surface area (Å²) < 4.78 is 17.9. The van der Waals surface area contributed by atoms with Crippen LogP contribution in [0.2, 0.25) is 0 Å². The molecule has 1 aromatic carbocycles. The average molecular weight is 380 g/mol. The van der Waals surface area contributed by atoms with Crippen molar-refractivity contribution in [1.29, 1.82) is 0 Å². The van der Waals surface area contributed by atoms with Gasteiger partial charge in [-0.15, -0.1) is 0 Å². The predicted molar refractivity (Wildman–Crippen MR) is 104 cm³/mol. The van der Waals surface area contributed by atoms with Crippen molar-refractivity contribution < 1.29 is 23.8 Å². The Hall–Kier alpha value is -3.32. The third-order valence-electron chi connectivity index (χ3n) is 4.62. The van der Waals surface area contributed by atoms with Crippen molar-refractivity contribution in [3.8, 4) is 5.75 Å². The van der Waals surface area contributed by atoms with Crippen LogP contribution in [-0.2, 0) is 9.47 Å². The molecule has 144 valence electrons. The van der Waals surface area contributed by atoms with Crippen molar-refractivity contribution in [1.82, 2.24) is 9.30 Å². The van der Waals surface area contributed by atoms with Gasteiger partial charge >= 0.3 is 12.1 Å². The lowest BCUT2D eigenvalue weighted by Gasteiger charge is -2.25. The summed E-state index contributed by atoms with van der Waals surface area (Å²) in [5.41, 5.74) is 1.98. The number of hydrogen-bond acceptors (Lipinski definition) is 5. The Morgan fingerprint density at radius 2 is 1.89 bits per heavy atom. The van der Waals surface area contributed by atoms with E-state index in [9.17, 15) is 9.59 Å². The van der Waals surface area contributed by atoms with Gasteiger partial charge in [0.25, 0.3) is 0 Å². The van der Waals surface area contributed by atoms with Crippen molar-refractivity contribution in [2.24, 2.45) is 0 Å². The van der Waals surface area contributed by atoms with Gasteiger partial charge in [0.2, 0.25) is 0 Å². The Morgan fingerprint density at radius 3 is 2.68 bits per heavy atom. The van der Waals surface area contributed by atoms with Gasteiger partial charge in [-0.2, -0.15) is 0 Å². The van der Waals surface area contributed by atoms with E-state index in [2.05, 4.69) is 6.58 Å². The van der Waals surface area contributed by atoms with Gasteiger partial charge in [-0.25, -0.2) is 9.59 Å². The number of ether oxygens (including phenoxy) is 3. The topological polar surface area (TPSA) is 69.5 Å². The van der Waals surface area contributed by atoms with E-state index in [1.165, 1.54) is 6.08 Å². The highest BCUT2D eigenvalue weighted by Crippen LogP contribution is 2.29. The smallest absolute Gasteiger partial charge is 0.415 e. The van der Waals surface area contributed by atoms with E-state index in [-0.39, 0.29) is 6.61 Å². The maximum Gasteiger partial charge on any atom is 0.415 e. The van der Waals surface area contributed by atoms with Crippen LogP contribution in [0.4, 0.5) is 4.79 Å². The molecule has 0 aliphatic carbocycles. The van der Waals surface area contributed by atoms with Gasteiger partial charge < -0.3 is 23.5 Å². The predicted octanol–water partition coefficient (Wildman–Crippen LogP) is 3.27. The first-order valence-corrected chi connectivity index (χ1v) is 9.04. The number of pyridine rings is 1. The summed E-state index contributed by atoms with van der Waals surface area (Å²) in [6.45, 7) is 5.74. The van der Waals surface area contributed by atoms with E-state index in [1.807, 2.05) is 28.7 Å². The zero-order valence-electron chi connectivity index (χ0n) is 15.3. The monoisotopic (exact) mass is 380 g/mol. The van der Waals surface area contributed by atoms with E-state index in [1.54, 1.807) is 23.2 Å². The largest absolute Gasteiger partial charge is 0.458 e. The number of rotatable bonds is 4. The van der Waals surface area contributed by atoms with Gasteiger partial charge in [0, 0.05) is 18.5 Å². The minimum atomic E-state index is -0.420. The number of nitrogens with zero attached hydrogens (tertiary/aromatic N) is 2. The fourth-order valence-electron chi connectivity index (χ4n) is 3.31. The van der Waals surface area contributed by atoms with Crippen LogP contribution < -0.4 is 4.74 Å². The maximum atomic E-state index is 12.6. The standard InChI is InChI=1S/C21H20N2O5/c1-2-11-27-20(24)19-16-5-3-4-6-17(16)23-14-15(7-8-18(19)23)28-21(25)22-9-12-26-13-10-22/h2-8,14H,1,9-13H2. The molecule has 0 bridgehead atoms. The van der Waals surface area contributed by atoms with Crippen molar-refractivity contribution >= 4 is 28.5 Å². The minimum Gasteiger partial charge on any atom is -0.458 e. The van der Waals surface area contributed by atoms with Gasteiger partial charge in [-0.3, -0.25) is 0 Å². The lowest BCUT2D eigenvalue weighted by molar-refractivity contribution is 0.0415. The number of hydrogen-bond donors (Lipinski definition) is 0. The first kappa shape index (κ1) is 18.1. The van der Waals surface area contributed by atoms with Crippen LogP contribution in [0.5, 0.6) is 5.75 Å². The zero-order chi connectivity index (χ0) is 19.5. The highest BCUT2D eigenvalue weighted by Gasteiger charge is 2.21. The molecule has 0 N–H and O–H groups in total. The Morgan fingerprint density at radius 1 is 1.11 bits per heavy atom. The Bertz CT molecular complexity index is 1050. The van der Waals surface area contributed by atoms with E-state index >= 15 is 0 Å². The second kappa shape index (κ2) is 7.74. The molecule has 2 aromatic heterocycles. The van der Waals surface area contributed by atoms with Crippen molar-refractivity contribution in [3.63, 3.8) is 0 Å². The Balaban J connectivity index is 1.71. The van der Waals surface area contributed by atoms with Gasteiger partial charge in [0.05, 0.1) is 36.0 Å². The number of para-hydroxylation sites is 1. The Labute approximate surface area is 161 Å². The molecule has 0 atom stereocenters. The third kappa shape index (κ3) is 3.32. The van der Waals surface area contributed by atoms with Crippen molar-refractivity contribution in [3.05, 3.63) is 60.8 Å². The molecule has 0 spiro atoms. The summed E-state index contributed by atoms with van der Waals surface area (Å²) in [6.07, 6.45) is 2.83. The lowest BCUT2D eigenvalue weighted by atomic mass is 10.1. The molecule has 0 radical (unpaired) electrons. The third-order valence-corrected chi connectivity index (χ3v) is 4.62. The number of carbonyl (C=O) groups is 2. The van der Waals surface area contributed by atoms with E-state index in [0.717, 1.165) is 10.9 Å². The molecule has 28 heavy (non-hydrogen) atoms. The number of aromatic nitrogens is 1. The first-order chi connectivity index (χ1) is 13.7. The summed E-state index contributed by atoms with van der Waals surface area (Å²) in [4.78, 5) is 26.5. The van der Waals surface area contributed by atoms with Crippen molar-refractivity contribution in [2.75, 3.05) is 32.9 Å². The van der Waals surface area contributed by atoms with Crippen LogP contribution in [0.3, 0.4) is 0 Å². The lowest BCUT2D eigenvalue weighted by Crippen LogP contribution is -2.42. The van der Waals surface area contributed by atoms with Crippen LogP contribution in [-0.4, -0.2) is 54.3 Å². The summed E-state index contributed by atoms with van der Waals surface area (Å²) in [7, 11) is 0. The molecule has 1 amide bonds. The molecular weight excluding hydrogens is 360 g/mol. The van der Waals surface area contributed by atoms with Crippen LogP contribution >= 0.6 is 0 Å². The molecule has 1 saturated heterocycles. The summed E-state index contributed by atoms with van der Waals surface area (Å²) >= 11 is 0. The van der Waals surface area contributed by atoms with Crippen LogP contribution in [0.15, 0.2) is 55.3 Å². The maximum absolute atomic E-state index is 12.6. The minimum absolute atomic E-state index is 0.139. The van der Waals surface area contributed by atoms with Gasteiger partial charge in [0.1, 0.15) is 12.4 Å². The van der Waals surface area contributed by atoms with Gasteiger partial charge in [-0.1, -0.05) is 30.9 Å². The fraction of sp³-hybridized carbons (Fsp3) is 0.238. The Kier molecular flexibility index (Phi) is 4.99. The second-order valence-electron chi connectivity index (χ2n) is 6.37. The molecule has 1 aliphatic rings. The van der Waals surface area contributed by atoms with E-state index in [4.69, 9.17) is 14.2 Å². The molecule has 3 heterocycles. The number of amides is 1. The first-order valence-electron chi connectivity index (χ1n) is 9.04. The zero-order valence-corrected chi connectivity index (χ0v) is 15.3. The molecule has 7 nitrogen and oxygen atoms in total. The molecule has 7 heteroatoms. The number of esters is 1. The van der Waals surface area contributed by atoms with Gasteiger partial charge in [0.15, 0.2) is 0 Å². The van der Waals surface area contributed by atoms with E-state index in [0.29, 0.717) is 43.1 Å². The normalized spacial score (nSPS) is 14.2. The summed E-state index contributed by atoms with van der Waals surface area (Å²) in [5, 5.41) is 0.771. The highest BCUT2D eigenvalue weighted by atomic mass is 16.6. The molecular formula is C21H20N2O5. The molecule has 4 rings (SSSR count). The quantitative estimate of drug-likeness (QED) is 0.513. The molecule has 1 fully saturated rings. The number of morpholine rings is 1. The second-order valence-corrected chi connectivity index (χ2v) is 6.37. The molecule has 3 aromatic rings. The summed E-state index contributed by atoms with van der Waals surface area (Å²) in [5.74, 6) is -0.0209. The number of benzene rings is 1. The fourth-order valence-corrected chi connectivity index (χ4v) is 3.31. The molecule has 0 unspecified atom stereocenters. The molecule has 0 saturated carbocycles. The molecule has 1 aliphatic heterocycles. The number of fused-ring (bicyclic) bond motifs is 3. The van der Waals surface area contributed by atoms with Crippen molar-refractivity contribution in [2.45, 2.75) is 0 Å². The van der Waals surface area contributed by atoms with Crippen LogP contribution in [0.25, 0.3) is 16.4 Å². The summed E-state index contributed by atoms with van der Waals surface area (Å²) in [6, 6.07) is 11.0. The van der Waals surface area contributed by atoms with Crippen LogP contribution in [0, 0.1) is 0 Å².